The molecule has 0 aliphatic heterocycles. The summed E-state index contributed by atoms with van der Waals surface area (Å²) in [5.41, 5.74) is -2.49. The van der Waals surface area contributed by atoms with Crippen molar-refractivity contribution in [1.82, 2.24) is 5.32 Å². The van der Waals surface area contributed by atoms with Gasteiger partial charge in [0, 0.05) is 6.54 Å². The van der Waals surface area contributed by atoms with Crippen molar-refractivity contribution in [1.29, 1.82) is 0 Å². The quantitative estimate of drug-likeness (QED) is 0.866. The molecular weight excluding hydrogens is 263 g/mol. The maximum absolute atomic E-state index is 12.7. The van der Waals surface area contributed by atoms with Crippen LogP contribution in [0.3, 0.4) is 0 Å². The number of nitrogens with one attached hydrogen (secondary N) is 1. The molecule has 4 nitrogen and oxygen atoms in total. The molecule has 0 aliphatic carbocycles. The van der Waals surface area contributed by atoms with Gasteiger partial charge in [0.15, 0.2) is 0 Å². The lowest BCUT2D eigenvalue weighted by atomic mass is 10.0. The van der Waals surface area contributed by atoms with Gasteiger partial charge in [-0.15, -0.1) is 0 Å². The van der Waals surface area contributed by atoms with Crippen molar-refractivity contribution >= 4 is 5.97 Å². The van der Waals surface area contributed by atoms with Gasteiger partial charge in [0.2, 0.25) is 5.54 Å². The van der Waals surface area contributed by atoms with Crippen molar-refractivity contribution in [2.24, 2.45) is 0 Å². The first-order chi connectivity index (χ1) is 8.70. The van der Waals surface area contributed by atoms with Crippen molar-refractivity contribution < 1.29 is 27.8 Å². The Morgan fingerprint density at radius 3 is 2.53 bits per heavy atom. The SMILES string of the molecule is COc1cccc(CNC(C)(C(=O)O)C(F)(F)F)c1. The molecule has 0 heterocycles. The number of carboxylic acid groups (broad SMARTS) is 1. The zero-order chi connectivity index (χ0) is 14.7. The van der Waals surface area contributed by atoms with Gasteiger partial charge in [-0.3, -0.25) is 5.32 Å². The highest BCUT2D eigenvalue weighted by molar-refractivity contribution is 5.79. The molecular formula is C12H14F3NO3. The number of benzene rings is 1. The number of methoxy groups -OCH3 is 1. The zero-order valence-corrected chi connectivity index (χ0v) is 10.4. The number of halogens is 3. The third kappa shape index (κ3) is 3.37. The predicted molar refractivity (Wildman–Crippen MR) is 61.9 cm³/mol. The first-order valence-electron chi connectivity index (χ1n) is 5.39. The Labute approximate surface area is 108 Å². The average molecular weight is 277 g/mol. The summed E-state index contributed by atoms with van der Waals surface area (Å²) in [5, 5.41) is 10.8. The van der Waals surface area contributed by atoms with Gasteiger partial charge in [-0.1, -0.05) is 12.1 Å². The van der Waals surface area contributed by atoms with E-state index in [2.05, 4.69) is 0 Å². The van der Waals surface area contributed by atoms with E-state index in [-0.39, 0.29) is 6.54 Å². The smallest absolute Gasteiger partial charge is 0.417 e. The molecule has 1 rings (SSSR count). The van der Waals surface area contributed by atoms with Crippen LogP contribution in [0.15, 0.2) is 24.3 Å². The Kier molecular flexibility index (Phi) is 4.41. The summed E-state index contributed by atoms with van der Waals surface area (Å²) in [6, 6.07) is 6.37. The molecule has 0 spiro atoms. The second kappa shape index (κ2) is 5.48. The molecule has 0 fully saturated rings. The molecule has 0 aromatic heterocycles. The van der Waals surface area contributed by atoms with Crippen LogP contribution in [0.4, 0.5) is 13.2 Å². The van der Waals surface area contributed by atoms with Crippen LogP contribution in [-0.4, -0.2) is 29.9 Å². The van der Waals surface area contributed by atoms with Crippen LogP contribution in [0.2, 0.25) is 0 Å². The Morgan fingerprint density at radius 2 is 2.05 bits per heavy atom. The third-order valence-electron chi connectivity index (χ3n) is 2.77. The molecule has 1 aromatic rings. The summed E-state index contributed by atoms with van der Waals surface area (Å²) in [6.45, 7) is 0.356. The Bertz CT molecular complexity index is 462. The van der Waals surface area contributed by atoms with Crippen molar-refractivity contribution in [2.75, 3.05) is 7.11 Å². The Morgan fingerprint density at radius 1 is 1.42 bits per heavy atom. The van der Waals surface area contributed by atoms with Gasteiger partial charge >= 0.3 is 12.1 Å². The summed E-state index contributed by atoms with van der Waals surface area (Å²) in [5.74, 6) is -1.48. The zero-order valence-electron chi connectivity index (χ0n) is 10.4. The number of hydrogen-bond acceptors (Lipinski definition) is 3. The van der Waals surface area contributed by atoms with Gasteiger partial charge in [-0.2, -0.15) is 13.2 Å². The summed E-state index contributed by atoms with van der Waals surface area (Å²) in [6.07, 6.45) is -4.89. The molecule has 1 atom stereocenters. The van der Waals surface area contributed by atoms with E-state index < -0.39 is 17.7 Å². The van der Waals surface area contributed by atoms with Crippen LogP contribution in [-0.2, 0) is 11.3 Å². The molecule has 0 radical (unpaired) electrons. The molecule has 0 saturated carbocycles. The predicted octanol–water partition coefficient (Wildman–Crippen LogP) is 2.19. The van der Waals surface area contributed by atoms with E-state index in [9.17, 15) is 18.0 Å². The number of aliphatic carboxylic acids is 1. The first-order valence-corrected chi connectivity index (χ1v) is 5.39. The highest BCUT2D eigenvalue weighted by Crippen LogP contribution is 2.30. The summed E-state index contributed by atoms with van der Waals surface area (Å²) in [4.78, 5) is 10.8. The van der Waals surface area contributed by atoms with E-state index in [4.69, 9.17) is 9.84 Å². The van der Waals surface area contributed by atoms with Gasteiger partial charge in [-0.05, 0) is 24.6 Å². The molecule has 0 amide bonds. The van der Waals surface area contributed by atoms with Crippen LogP contribution in [0.25, 0.3) is 0 Å². The molecule has 0 aliphatic rings. The van der Waals surface area contributed by atoms with Crippen molar-refractivity contribution in [3.05, 3.63) is 29.8 Å². The third-order valence-corrected chi connectivity index (χ3v) is 2.77. The monoisotopic (exact) mass is 277 g/mol. The fourth-order valence-electron chi connectivity index (χ4n) is 1.36. The minimum Gasteiger partial charge on any atom is -0.497 e. The van der Waals surface area contributed by atoms with Crippen LogP contribution in [0.1, 0.15) is 12.5 Å². The largest absolute Gasteiger partial charge is 0.497 e. The molecule has 19 heavy (non-hydrogen) atoms. The molecule has 0 saturated heterocycles. The minimum absolute atomic E-state index is 0.237. The van der Waals surface area contributed by atoms with Crippen LogP contribution < -0.4 is 10.1 Å². The lowest BCUT2D eigenvalue weighted by Crippen LogP contribution is -2.59. The van der Waals surface area contributed by atoms with Gasteiger partial charge in [0.05, 0.1) is 7.11 Å². The summed E-state index contributed by atoms with van der Waals surface area (Å²) >= 11 is 0. The minimum atomic E-state index is -4.89. The summed E-state index contributed by atoms with van der Waals surface area (Å²) in [7, 11) is 1.43. The fraction of sp³-hybridized carbons (Fsp3) is 0.417. The first kappa shape index (κ1) is 15.3. The van der Waals surface area contributed by atoms with Crippen molar-refractivity contribution in [3.8, 4) is 5.75 Å². The second-order valence-electron chi connectivity index (χ2n) is 4.13. The lowest BCUT2D eigenvalue weighted by molar-refractivity contribution is -0.206. The highest BCUT2D eigenvalue weighted by Gasteiger charge is 2.57. The highest BCUT2D eigenvalue weighted by atomic mass is 19.4. The van der Waals surface area contributed by atoms with Gasteiger partial charge in [0.25, 0.3) is 0 Å². The second-order valence-corrected chi connectivity index (χ2v) is 4.13. The number of ether oxygens (including phenoxy) is 1. The number of alkyl halides is 3. The van der Waals surface area contributed by atoms with E-state index in [0.717, 1.165) is 0 Å². The lowest BCUT2D eigenvalue weighted by Gasteiger charge is -2.28. The number of carbonyl (C=O) groups is 1. The van der Waals surface area contributed by atoms with Gasteiger partial charge < -0.3 is 9.84 Å². The Hall–Kier alpha value is -1.76. The number of carboxylic acids is 1. The van der Waals surface area contributed by atoms with Crippen LogP contribution in [0.5, 0.6) is 5.75 Å². The van der Waals surface area contributed by atoms with Crippen molar-refractivity contribution in [2.45, 2.75) is 25.2 Å². The molecule has 1 aromatic carbocycles. The van der Waals surface area contributed by atoms with E-state index in [1.54, 1.807) is 18.2 Å². The van der Waals surface area contributed by atoms with E-state index >= 15 is 0 Å². The Balaban J connectivity index is 2.86. The standard InChI is InChI=1S/C12H14F3NO3/c1-11(10(17)18,12(13,14)15)16-7-8-4-3-5-9(6-8)19-2/h3-6,16H,7H2,1-2H3,(H,17,18). The maximum Gasteiger partial charge on any atom is 0.417 e. The van der Waals surface area contributed by atoms with E-state index in [1.807, 2.05) is 5.32 Å². The van der Waals surface area contributed by atoms with Gasteiger partial charge in [-0.25, -0.2) is 4.79 Å². The van der Waals surface area contributed by atoms with Gasteiger partial charge in [0.1, 0.15) is 5.75 Å². The molecule has 106 valence electrons. The van der Waals surface area contributed by atoms with Crippen molar-refractivity contribution in [3.63, 3.8) is 0 Å². The number of rotatable bonds is 5. The normalized spacial score (nSPS) is 14.8. The number of hydrogen-bond donors (Lipinski definition) is 2. The summed E-state index contributed by atoms with van der Waals surface area (Å²) < 4.78 is 43.1. The van der Waals surface area contributed by atoms with Crippen LogP contribution in [0, 0.1) is 0 Å². The average Bonchev–Trinajstić information content (AvgIpc) is 2.34. The molecule has 2 N–H and O–H groups in total. The fourth-order valence-corrected chi connectivity index (χ4v) is 1.36. The molecule has 1 unspecified atom stereocenters. The molecule has 0 bridgehead atoms. The molecule has 7 heteroatoms. The van der Waals surface area contributed by atoms with Crippen LogP contribution >= 0.6 is 0 Å². The van der Waals surface area contributed by atoms with E-state index in [0.29, 0.717) is 18.2 Å². The maximum atomic E-state index is 12.7. The topological polar surface area (TPSA) is 58.6 Å². The van der Waals surface area contributed by atoms with E-state index in [1.165, 1.54) is 13.2 Å².